The summed E-state index contributed by atoms with van der Waals surface area (Å²) in [7, 11) is -3.34. The lowest BCUT2D eigenvalue weighted by Crippen LogP contribution is -2.32. The summed E-state index contributed by atoms with van der Waals surface area (Å²) >= 11 is 0. The minimum Gasteiger partial charge on any atom is -0.478 e. The molecule has 0 heterocycles. The first kappa shape index (κ1) is 21.1. The average molecular weight is 383 g/mol. The fraction of sp³-hybridized carbons (Fsp3) is 0.632. The van der Waals surface area contributed by atoms with E-state index in [9.17, 15) is 19.4 Å². The Labute approximate surface area is 155 Å². The van der Waals surface area contributed by atoms with Crippen LogP contribution in [0.4, 0.5) is 0 Å². The average Bonchev–Trinajstić information content (AvgIpc) is 2.59. The number of hydrogen-bond acceptors (Lipinski definition) is 4. The summed E-state index contributed by atoms with van der Waals surface area (Å²) in [5.41, 5.74) is 1.01. The topological polar surface area (TPSA) is 107 Å². The maximum absolute atomic E-state index is 12.4. The number of carboxylic acids is 1. The predicted molar refractivity (Wildman–Crippen MR) is 102 cm³/mol. The molecule has 1 fully saturated rings. The summed E-state index contributed by atoms with van der Waals surface area (Å²) in [4.78, 5) is 21.3. The van der Waals surface area contributed by atoms with Gasteiger partial charge in [-0.15, -0.1) is 0 Å². The van der Waals surface area contributed by atoms with Crippen molar-refractivity contribution in [3.05, 3.63) is 35.4 Å². The molecule has 2 rings (SSSR count). The highest BCUT2D eigenvalue weighted by Gasteiger charge is 2.28. The van der Waals surface area contributed by atoms with E-state index >= 15 is 0 Å². The SMILES string of the molecule is C[C@@H](NC[C@@H](O)CP(=O)(O)CC1CCCCC1)c1cccc(C(=O)O)c1. The summed E-state index contributed by atoms with van der Waals surface area (Å²) in [5, 5.41) is 22.3. The van der Waals surface area contributed by atoms with Crippen molar-refractivity contribution >= 4 is 13.3 Å². The summed E-state index contributed by atoms with van der Waals surface area (Å²) in [6.07, 6.45) is 4.78. The van der Waals surface area contributed by atoms with Crippen LogP contribution in [0.15, 0.2) is 24.3 Å². The lowest BCUT2D eigenvalue weighted by Gasteiger charge is -2.25. The molecule has 7 heteroatoms. The van der Waals surface area contributed by atoms with Crippen molar-refractivity contribution in [3.63, 3.8) is 0 Å². The first-order valence-corrected chi connectivity index (χ1v) is 11.4. The van der Waals surface area contributed by atoms with Crippen LogP contribution in [0.5, 0.6) is 0 Å². The molecule has 0 aliphatic heterocycles. The Morgan fingerprint density at radius 3 is 2.65 bits per heavy atom. The van der Waals surface area contributed by atoms with Gasteiger partial charge in [-0.2, -0.15) is 0 Å². The molecular formula is C19H30NO5P. The standard InChI is InChI=1S/C19H30NO5P/c1-14(16-8-5-9-17(10-16)19(22)23)20-11-18(21)13-26(24,25)12-15-6-3-2-4-7-15/h5,8-10,14-15,18,20-21H,2-4,6-7,11-13H2,1H3,(H,22,23)(H,24,25)/t14-,18-/m1/s1. The van der Waals surface area contributed by atoms with Crippen LogP contribution in [0.25, 0.3) is 0 Å². The zero-order valence-electron chi connectivity index (χ0n) is 15.3. The number of aliphatic hydroxyl groups excluding tert-OH is 1. The van der Waals surface area contributed by atoms with Gasteiger partial charge in [0, 0.05) is 18.7 Å². The Balaban J connectivity index is 1.81. The number of carboxylic acid groups (broad SMARTS) is 1. The Bertz CT molecular complexity index is 645. The van der Waals surface area contributed by atoms with Gasteiger partial charge in [-0.1, -0.05) is 31.4 Å². The third-order valence-corrected chi connectivity index (χ3v) is 7.14. The lowest BCUT2D eigenvalue weighted by molar-refractivity contribution is 0.0696. The van der Waals surface area contributed by atoms with Crippen molar-refractivity contribution < 1.29 is 24.5 Å². The van der Waals surface area contributed by atoms with E-state index in [1.165, 1.54) is 12.5 Å². The molecule has 0 spiro atoms. The molecule has 0 aromatic heterocycles. The van der Waals surface area contributed by atoms with Crippen molar-refractivity contribution in [1.82, 2.24) is 5.32 Å². The van der Waals surface area contributed by atoms with E-state index in [-0.39, 0.29) is 24.3 Å². The van der Waals surface area contributed by atoms with Crippen LogP contribution >= 0.6 is 7.37 Å². The van der Waals surface area contributed by atoms with Gasteiger partial charge < -0.3 is 20.4 Å². The van der Waals surface area contributed by atoms with Crippen LogP contribution in [0.2, 0.25) is 0 Å². The number of aromatic carboxylic acids is 1. The van der Waals surface area contributed by atoms with E-state index in [4.69, 9.17) is 5.11 Å². The maximum Gasteiger partial charge on any atom is 0.335 e. The van der Waals surface area contributed by atoms with Gasteiger partial charge >= 0.3 is 5.97 Å². The summed E-state index contributed by atoms with van der Waals surface area (Å²) in [6.45, 7) is 2.06. The third-order valence-electron chi connectivity index (χ3n) is 5.06. The third kappa shape index (κ3) is 6.84. The van der Waals surface area contributed by atoms with Crippen molar-refractivity contribution in [1.29, 1.82) is 0 Å². The van der Waals surface area contributed by atoms with Gasteiger partial charge in [0.25, 0.3) is 0 Å². The van der Waals surface area contributed by atoms with E-state index in [1.54, 1.807) is 12.1 Å². The lowest BCUT2D eigenvalue weighted by atomic mass is 9.91. The molecule has 1 aromatic carbocycles. The van der Waals surface area contributed by atoms with Gasteiger partial charge in [-0.05, 0) is 43.4 Å². The Kier molecular flexibility index (Phi) is 7.84. The Morgan fingerprint density at radius 2 is 2.00 bits per heavy atom. The van der Waals surface area contributed by atoms with E-state index in [0.29, 0.717) is 12.1 Å². The van der Waals surface area contributed by atoms with Gasteiger partial charge in [0.1, 0.15) is 0 Å². The van der Waals surface area contributed by atoms with Crippen molar-refractivity contribution in [2.45, 2.75) is 51.2 Å². The minimum absolute atomic E-state index is 0.0988. The molecule has 1 unspecified atom stereocenters. The largest absolute Gasteiger partial charge is 0.478 e. The highest BCUT2D eigenvalue weighted by Crippen LogP contribution is 2.45. The van der Waals surface area contributed by atoms with E-state index < -0.39 is 19.4 Å². The van der Waals surface area contributed by atoms with Gasteiger partial charge in [-0.3, -0.25) is 4.57 Å². The molecule has 1 aromatic rings. The van der Waals surface area contributed by atoms with E-state index in [0.717, 1.165) is 31.2 Å². The highest BCUT2D eigenvalue weighted by atomic mass is 31.2. The zero-order valence-corrected chi connectivity index (χ0v) is 16.2. The quantitative estimate of drug-likeness (QED) is 0.488. The zero-order chi connectivity index (χ0) is 19.2. The van der Waals surface area contributed by atoms with Crippen molar-refractivity contribution in [2.75, 3.05) is 18.9 Å². The number of nitrogens with one attached hydrogen (secondary N) is 1. The number of hydrogen-bond donors (Lipinski definition) is 4. The summed E-state index contributed by atoms with van der Waals surface area (Å²) in [5.74, 6) is -0.680. The van der Waals surface area contributed by atoms with Gasteiger partial charge in [0.2, 0.25) is 7.37 Å². The monoisotopic (exact) mass is 383 g/mol. The van der Waals surface area contributed by atoms with Crippen molar-refractivity contribution in [3.8, 4) is 0 Å². The molecule has 0 radical (unpaired) electrons. The van der Waals surface area contributed by atoms with Crippen LogP contribution in [0.3, 0.4) is 0 Å². The molecule has 26 heavy (non-hydrogen) atoms. The molecule has 0 bridgehead atoms. The number of benzene rings is 1. The molecule has 1 aliphatic carbocycles. The molecule has 146 valence electrons. The minimum atomic E-state index is -3.34. The second-order valence-corrected chi connectivity index (χ2v) is 9.85. The normalized spacial score (nSPS) is 20.3. The van der Waals surface area contributed by atoms with Gasteiger partial charge in [0.05, 0.1) is 17.8 Å². The molecule has 1 saturated carbocycles. The molecule has 0 saturated heterocycles. The fourth-order valence-corrected chi connectivity index (χ4v) is 5.72. The maximum atomic E-state index is 12.4. The number of rotatable bonds is 9. The van der Waals surface area contributed by atoms with E-state index in [1.807, 2.05) is 13.0 Å². The molecule has 0 amide bonds. The summed E-state index contributed by atoms with van der Waals surface area (Å²) in [6, 6.07) is 6.45. The molecule has 1 aliphatic rings. The van der Waals surface area contributed by atoms with Crippen LogP contribution in [0, 0.1) is 5.92 Å². The highest BCUT2D eigenvalue weighted by molar-refractivity contribution is 7.58. The predicted octanol–water partition coefficient (Wildman–Crippen LogP) is 3.25. The second-order valence-electron chi connectivity index (χ2n) is 7.43. The van der Waals surface area contributed by atoms with Gasteiger partial charge in [-0.25, -0.2) is 4.79 Å². The number of aliphatic hydroxyl groups is 1. The first-order valence-electron chi connectivity index (χ1n) is 9.32. The molecular weight excluding hydrogens is 353 g/mol. The molecule has 6 nitrogen and oxygen atoms in total. The first-order chi connectivity index (χ1) is 12.3. The van der Waals surface area contributed by atoms with Crippen LogP contribution in [-0.4, -0.2) is 46.0 Å². The molecule has 4 N–H and O–H groups in total. The molecule has 3 atom stereocenters. The van der Waals surface area contributed by atoms with Crippen LogP contribution in [0.1, 0.15) is 61.0 Å². The summed E-state index contributed by atoms with van der Waals surface area (Å²) < 4.78 is 12.4. The van der Waals surface area contributed by atoms with Crippen LogP contribution < -0.4 is 5.32 Å². The smallest absolute Gasteiger partial charge is 0.335 e. The Hall–Kier alpha value is -1.20. The number of carbonyl (C=O) groups is 1. The van der Waals surface area contributed by atoms with E-state index in [2.05, 4.69) is 5.32 Å². The Morgan fingerprint density at radius 1 is 1.31 bits per heavy atom. The van der Waals surface area contributed by atoms with Gasteiger partial charge in [0.15, 0.2) is 0 Å². The van der Waals surface area contributed by atoms with Crippen molar-refractivity contribution in [2.24, 2.45) is 5.92 Å². The second kappa shape index (κ2) is 9.65. The fourth-order valence-electron chi connectivity index (χ4n) is 3.61. The van der Waals surface area contributed by atoms with Crippen LogP contribution in [-0.2, 0) is 4.57 Å².